The average Bonchev–Trinajstić information content (AvgIpc) is 1.07. The van der Waals surface area contributed by atoms with Gasteiger partial charge in [-0.2, -0.15) is 0 Å². The summed E-state index contributed by atoms with van der Waals surface area (Å²) in [6, 6.07) is 0. The van der Waals surface area contributed by atoms with Gasteiger partial charge in [-0.05, 0) is 25.7 Å². The van der Waals surface area contributed by atoms with Crippen LogP contribution in [-0.4, -0.2) is 96.7 Å². The molecule has 0 radical (unpaired) electrons. The number of carbonyl (C=O) groups excluding carboxylic acids is 4. The SMILES string of the molecule is CCCCCCCCCCCCCCCCCCCCCCCC(=O)O[C@H](COC(=O)CCCCCCCCCCCCCCCCCC)COP(=O)(O)OC[C@@H](O)COP(=O)(O)OC[C@@H](COC(=O)CCCCCCCCC)OC(=O)CCCCCCCCCCCCCCCCCC. The van der Waals surface area contributed by atoms with Gasteiger partial charge in [-0.1, -0.05) is 387 Å². The number of carbonyl (C=O) groups is 4. The van der Waals surface area contributed by atoms with E-state index in [1.165, 1.54) is 257 Å². The maximum Gasteiger partial charge on any atom is 0.472 e. The molecule has 0 aliphatic rings. The minimum Gasteiger partial charge on any atom is -0.462 e. The number of rotatable bonds is 82. The van der Waals surface area contributed by atoms with Crippen LogP contribution < -0.4 is 0 Å². The summed E-state index contributed by atoms with van der Waals surface area (Å²) in [5.74, 6) is -2.11. The minimum atomic E-state index is -4.96. The van der Waals surface area contributed by atoms with E-state index in [1.54, 1.807) is 0 Å². The molecule has 0 rings (SSSR count). The zero-order valence-corrected chi connectivity index (χ0v) is 67.0. The molecule has 0 aliphatic heterocycles. The molecule has 2 unspecified atom stereocenters. The van der Waals surface area contributed by atoms with E-state index in [-0.39, 0.29) is 25.7 Å². The normalized spacial score (nSPS) is 13.8. The summed E-state index contributed by atoms with van der Waals surface area (Å²) in [6.45, 7) is 4.99. The summed E-state index contributed by atoms with van der Waals surface area (Å²) in [4.78, 5) is 72.9. The van der Waals surface area contributed by atoms with Crippen LogP contribution in [0.5, 0.6) is 0 Å². The lowest BCUT2D eigenvalue weighted by Crippen LogP contribution is -2.30. The number of hydrogen-bond acceptors (Lipinski definition) is 15. The smallest absolute Gasteiger partial charge is 0.462 e. The van der Waals surface area contributed by atoms with Crippen molar-refractivity contribution in [2.75, 3.05) is 39.6 Å². The quantitative estimate of drug-likeness (QED) is 0.0222. The highest BCUT2D eigenvalue weighted by atomic mass is 31.2. The molecule has 0 aromatic rings. The summed E-state index contributed by atoms with van der Waals surface area (Å²) in [5, 5.41) is 10.6. The van der Waals surface area contributed by atoms with E-state index in [0.717, 1.165) is 103 Å². The van der Waals surface area contributed by atoms with Crippen LogP contribution in [0.4, 0.5) is 0 Å². The highest BCUT2D eigenvalue weighted by Gasteiger charge is 2.30. The van der Waals surface area contributed by atoms with Gasteiger partial charge >= 0.3 is 39.5 Å². The van der Waals surface area contributed by atoms with Gasteiger partial charge in [0.2, 0.25) is 0 Å². The predicted molar refractivity (Wildman–Crippen MR) is 409 cm³/mol. The molecule has 5 atom stereocenters. The average molecular weight is 1470 g/mol. The molecule has 594 valence electrons. The Kier molecular flexibility index (Phi) is 73.8. The van der Waals surface area contributed by atoms with E-state index in [1.807, 2.05) is 0 Å². The van der Waals surface area contributed by atoms with Gasteiger partial charge in [-0.15, -0.1) is 0 Å². The van der Waals surface area contributed by atoms with Crippen molar-refractivity contribution in [3.05, 3.63) is 0 Å². The van der Waals surface area contributed by atoms with Crippen LogP contribution in [0.3, 0.4) is 0 Å². The molecule has 0 amide bonds. The van der Waals surface area contributed by atoms with Gasteiger partial charge in [0.25, 0.3) is 0 Å². The maximum atomic E-state index is 13.1. The van der Waals surface area contributed by atoms with Crippen molar-refractivity contribution < 1.29 is 80.2 Å². The van der Waals surface area contributed by atoms with Gasteiger partial charge in [0.05, 0.1) is 26.4 Å². The van der Waals surface area contributed by atoms with E-state index in [0.29, 0.717) is 25.7 Å². The van der Waals surface area contributed by atoms with Crippen molar-refractivity contribution in [3.8, 4) is 0 Å². The first-order valence-electron chi connectivity index (χ1n) is 42.3. The molecule has 19 heteroatoms. The van der Waals surface area contributed by atoms with Gasteiger partial charge in [0, 0.05) is 25.7 Å². The molecule has 17 nitrogen and oxygen atoms in total. The monoisotopic (exact) mass is 1470 g/mol. The molecule has 0 aromatic carbocycles. The van der Waals surface area contributed by atoms with Crippen molar-refractivity contribution >= 4 is 39.5 Å². The molecule has 3 N–H and O–H groups in total. The summed E-state index contributed by atoms with van der Waals surface area (Å²) in [7, 11) is -9.91. The third-order valence-corrected chi connectivity index (χ3v) is 21.0. The number of esters is 4. The van der Waals surface area contributed by atoms with Crippen molar-refractivity contribution in [2.24, 2.45) is 0 Å². The topological polar surface area (TPSA) is 237 Å². The molecular formula is C81H158O17P2. The Morgan fingerprint density at radius 2 is 0.400 bits per heavy atom. The highest BCUT2D eigenvalue weighted by molar-refractivity contribution is 7.47. The molecule has 0 fully saturated rings. The molecule has 0 saturated carbocycles. The van der Waals surface area contributed by atoms with E-state index >= 15 is 0 Å². The molecule has 100 heavy (non-hydrogen) atoms. The zero-order valence-electron chi connectivity index (χ0n) is 65.2. The number of phosphoric acid groups is 2. The van der Waals surface area contributed by atoms with Crippen molar-refractivity contribution in [1.82, 2.24) is 0 Å². The first-order chi connectivity index (χ1) is 48.7. The molecular weight excluding hydrogens is 1310 g/mol. The number of unbranched alkanes of at least 4 members (excludes halogenated alkanes) is 56. The Hall–Kier alpha value is -1.94. The fourth-order valence-corrected chi connectivity index (χ4v) is 14.2. The van der Waals surface area contributed by atoms with Crippen LogP contribution in [-0.2, 0) is 65.4 Å². The summed E-state index contributed by atoms with van der Waals surface area (Å²) >= 11 is 0. The van der Waals surface area contributed by atoms with Crippen LogP contribution in [0.1, 0.15) is 439 Å². The second kappa shape index (κ2) is 75.3. The van der Waals surface area contributed by atoms with Crippen molar-refractivity contribution in [1.29, 1.82) is 0 Å². The zero-order chi connectivity index (χ0) is 73.2. The fraction of sp³-hybridized carbons (Fsp3) is 0.951. The van der Waals surface area contributed by atoms with Gasteiger partial charge < -0.3 is 33.8 Å². The number of phosphoric ester groups is 2. The number of aliphatic hydroxyl groups is 1. The van der Waals surface area contributed by atoms with Crippen molar-refractivity contribution in [2.45, 2.75) is 457 Å². The second-order valence-electron chi connectivity index (χ2n) is 29.2. The molecule has 0 saturated heterocycles. The van der Waals surface area contributed by atoms with Crippen LogP contribution in [0.15, 0.2) is 0 Å². The first-order valence-corrected chi connectivity index (χ1v) is 45.3. The van der Waals surface area contributed by atoms with Gasteiger partial charge in [-0.3, -0.25) is 37.3 Å². The molecule has 0 bridgehead atoms. The fourth-order valence-electron chi connectivity index (χ4n) is 12.6. The van der Waals surface area contributed by atoms with Gasteiger partial charge in [-0.25, -0.2) is 9.13 Å². The number of aliphatic hydroxyl groups excluding tert-OH is 1. The lowest BCUT2D eigenvalue weighted by atomic mass is 10.0. The Bertz CT molecular complexity index is 1890. The number of ether oxygens (including phenoxy) is 4. The molecule has 0 aromatic heterocycles. The third kappa shape index (κ3) is 74.3. The Balaban J connectivity index is 5.16. The van der Waals surface area contributed by atoms with Crippen LogP contribution >= 0.6 is 15.6 Å². The first kappa shape index (κ1) is 98.1. The van der Waals surface area contributed by atoms with Crippen LogP contribution in [0.2, 0.25) is 0 Å². The van der Waals surface area contributed by atoms with Crippen molar-refractivity contribution in [3.63, 3.8) is 0 Å². The maximum absolute atomic E-state index is 13.1. The Labute approximate surface area is 613 Å². The largest absolute Gasteiger partial charge is 0.472 e. The van der Waals surface area contributed by atoms with E-state index in [9.17, 15) is 43.2 Å². The van der Waals surface area contributed by atoms with E-state index < -0.39 is 97.5 Å². The molecule has 0 heterocycles. The molecule has 0 spiro atoms. The van der Waals surface area contributed by atoms with Gasteiger partial charge in [0.15, 0.2) is 12.2 Å². The minimum absolute atomic E-state index is 0.109. The Morgan fingerprint density at radius 1 is 0.240 bits per heavy atom. The molecule has 0 aliphatic carbocycles. The Morgan fingerprint density at radius 3 is 0.590 bits per heavy atom. The van der Waals surface area contributed by atoms with Crippen LogP contribution in [0.25, 0.3) is 0 Å². The summed E-state index contributed by atoms with van der Waals surface area (Å²) in [6.07, 6.45) is 68.2. The summed E-state index contributed by atoms with van der Waals surface area (Å²) in [5.41, 5.74) is 0. The predicted octanol–water partition coefficient (Wildman–Crippen LogP) is 24.6. The third-order valence-electron chi connectivity index (χ3n) is 19.1. The lowest BCUT2D eigenvalue weighted by Gasteiger charge is -2.21. The van der Waals surface area contributed by atoms with Crippen LogP contribution in [0, 0.1) is 0 Å². The van der Waals surface area contributed by atoms with E-state index in [2.05, 4.69) is 27.7 Å². The second-order valence-corrected chi connectivity index (χ2v) is 32.1. The lowest BCUT2D eigenvalue weighted by molar-refractivity contribution is -0.161. The summed E-state index contributed by atoms with van der Waals surface area (Å²) < 4.78 is 68.6. The standard InChI is InChI=1S/C81H158O17P2/c1-5-9-13-17-21-24-27-30-33-36-37-38-39-40-43-46-49-52-56-60-64-68-81(86)98-77(72-92-79(84)66-62-58-54-50-47-44-41-34-31-28-25-22-18-14-10-6-2)74-96-100(89,90)94-70-75(82)69-93-99(87,88)95-73-76(71-91-78(83)65-61-57-53-20-16-12-8-4)97-80(85)67-63-59-55-51-48-45-42-35-32-29-26-23-19-15-11-7-3/h75-77,82H,5-74H2,1-4H3,(H,87,88)(H,89,90)/t75-,76+,77+/m0/s1. The van der Waals surface area contributed by atoms with E-state index in [4.69, 9.17) is 37.0 Å². The number of hydrogen-bond donors (Lipinski definition) is 3. The van der Waals surface area contributed by atoms with Gasteiger partial charge in [0.1, 0.15) is 19.3 Å². The highest BCUT2D eigenvalue weighted by Crippen LogP contribution is 2.45.